The molecule has 0 aliphatic heterocycles. The molecule has 0 aliphatic carbocycles. The van der Waals surface area contributed by atoms with Gasteiger partial charge in [0, 0.05) is 0 Å². The van der Waals surface area contributed by atoms with Crippen LogP contribution in [0.25, 0.3) is 0 Å². The standard InChI is InChI=1S/C13H15N3O5/c14-11(18)6-10(7-17)15-16-12(19)13(20)21-8-9-4-2-1-3-5-9/h1-5,7,10,15H,6,8H2,(H2,14,18)(H,16,19)/t10-/m0/s1. The van der Waals surface area contributed by atoms with E-state index in [1.54, 1.807) is 30.3 Å². The summed E-state index contributed by atoms with van der Waals surface area (Å²) in [4.78, 5) is 44.0. The number of rotatable bonds is 7. The van der Waals surface area contributed by atoms with Gasteiger partial charge in [-0.3, -0.25) is 15.0 Å². The highest BCUT2D eigenvalue weighted by Crippen LogP contribution is 2.00. The highest BCUT2D eigenvalue weighted by molar-refractivity contribution is 6.32. The SMILES string of the molecule is NC(=O)C[C@@H](C=O)NNC(=O)C(=O)OCc1ccccc1. The Hall–Kier alpha value is -2.74. The molecule has 8 nitrogen and oxygen atoms in total. The predicted molar refractivity (Wildman–Crippen MR) is 71.2 cm³/mol. The van der Waals surface area contributed by atoms with Crippen molar-refractivity contribution in [2.24, 2.45) is 5.73 Å². The van der Waals surface area contributed by atoms with E-state index in [-0.39, 0.29) is 13.0 Å². The number of nitrogens with one attached hydrogen (secondary N) is 2. The Morgan fingerprint density at radius 1 is 1.24 bits per heavy atom. The van der Waals surface area contributed by atoms with Crippen molar-refractivity contribution in [1.29, 1.82) is 0 Å². The minimum Gasteiger partial charge on any atom is -0.454 e. The van der Waals surface area contributed by atoms with Crippen molar-refractivity contribution in [2.75, 3.05) is 0 Å². The summed E-state index contributed by atoms with van der Waals surface area (Å²) in [6, 6.07) is 7.80. The molecule has 2 amide bonds. The first-order valence-corrected chi connectivity index (χ1v) is 6.03. The summed E-state index contributed by atoms with van der Waals surface area (Å²) in [6.45, 7) is -0.0501. The maximum atomic E-state index is 11.4. The zero-order valence-electron chi connectivity index (χ0n) is 11.1. The van der Waals surface area contributed by atoms with E-state index in [1.165, 1.54) is 0 Å². The molecule has 0 saturated carbocycles. The molecule has 21 heavy (non-hydrogen) atoms. The molecule has 1 aromatic carbocycles. The first-order chi connectivity index (χ1) is 10.0. The Morgan fingerprint density at radius 3 is 2.48 bits per heavy atom. The number of amides is 2. The van der Waals surface area contributed by atoms with Crippen LogP contribution >= 0.6 is 0 Å². The van der Waals surface area contributed by atoms with Crippen LogP contribution in [0.1, 0.15) is 12.0 Å². The fourth-order valence-corrected chi connectivity index (χ4v) is 1.35. The van der Waals surface area contributed by atoms with Gasteiger partial charge in [0.1, 0.15) is 12.9 Å². The molecule has 0 heterocycles. The van der Waals surface area contributed by atoms with E-state index >= 15 is 0 Å². The van der Waals surface area contributed by atoms with Gasteiger partial charge in [-0.2, -0.15) is 0 Å². The van der Waals surface area contributed by atoms with E-state index < -0.39 is 23.8 Å². The van der Waals surface area contributed by atoms with Gasteiger partial charge in [-0.25, -0.2) is 10.2 Å². The number of benzene rings is 1. The zero-order chi connectivity index (χ0) is 15.7. The summed E-state index contributed by atoms with van der Waals surface area (Å²) in [5.41, 5.74) is 9.82. The largest absolute Gasteiger partial charge is 0.454 e. The van der Waals surface area contributed by atoms with E-state index in [2.05, 4.69) is 5.43 Å². The molecular formula is C13H15N3O5. The van der Waals surface area contributed by atoms with Crippen molar-refractivity contribution in [3.8, 4) is 0 Å². The molecule has 1 rings (SSSR count). The van der Waals surface area contributed by atoms with Crippen LogP contribution in [0.4, 0.5) is 0 Å². The fourth-order valence-electron chi connectivity index (χ4n) is 1.35. The van der Waals surface area contributed by atoms with Gasteiger partial charge < -0.3 is 15.3 Å². The lowest BCUT2D eigenvalue weighted by molar-refractivity contribution is -0.156. The van der Waals surface area contributed by atoms with Crippen LogP contribution in [0, 0.1) is 0 Å². The molecule has 0 spiro atoms. The number of hydrogen-bond donors (Lipinski definition) is 3. The Bertz CT molecular complexity index is 518. The van der Waals surface area contributed by atoms with Crippen LogP contribution in [-0.4, -0.2) is 30.1 Å². The van der Waals surface area contributed by atoms with Crippen molar-refractivity contribution in [2.45, 2.75) is 19.1 Å². The number of esters is 1. The Kier molecular flexibility index (Phi) is 6.55. The topological polar surface area (TPSA) is 128 Å². The van der Waals surface area contributed by atoms with Crippen LogP contribution in [0.5, 0.6) is 0 Å². The summed E-state index contributed by atoms with van der Waals surface area (Å²) >= 11 is 0. The lowest BCUT2D eigenvalue weighted by atomic mass is 10.2. The average molecular weight is 293 g/mol. The number of aldehydes is 1. The molecule has 0 bridgehead atoms. The van der Waals surface area contributed by atoms with Gasteiger partial charge in [-0.15, -0.1) is 0 Å². The lowest BCUT2D eigenvalue weighted by Crippen LogP contribution is -2.49. The van der Waals surface area contributed by atoms with Crippen molar-refractivity contribution in [1.82, 2.24) is 10.9 Å². The van der Waals surface area contributed by atoms with Gasteiger partial charge in [-0.05, 0) is 5.56 Å². The predicted octanol–water partition coefficient (Wildman–Crippen LogP) is -1.21. The number of nitrogens with two attached hydrogens (primary N) is 1. The molecule has 4 N–H and O–H groups in total. The normalized spacial score (nSPS) is 11.2. The first-order valence-electron chi connectivity index (χ1n) is 6.03. The minimum absolute atomic E-state index is 0.0501. The maximum Gasteiger partial charge on any atom is 0.398 e. The second-order valence-corrected chi connectivity index (χ2v) is 4.07. The second-order valence-electron chi connectivity index (χ2n) is 4.07. The second kappa shape index (κ2) is 8.43. The Labute approximate surface area is 120 Å². The van der Waals surface area contributed by atoms with Crippen molar-refractivity contribution < 1.29 is 23.9 Å². The van der Waals surface area contributed by atoms with Crippen molar-refractivity contribution >= 4 is 24.1 Å². The van der Waals surface area contributed by atoms with Crippen LogP contribution in [0.3, 0.4) is 0 Å². The van der Waals surface area contributed by atoms with Gasteiger partial charge in [0.15, 0.2) is 0 Å². The third-order valence-electron chi connectivity index (χ3n) is 2.35. The van der Waals surface area contributed by atoms with E-state index in [4.69, 9.17) is 10.5 Å². The van der Waals surface area contributed by atoms with Gasteiger partial charge in [-0.1, -0.05) is 30.3 Å². The number of primary amides is 1. The molecular weight excluding hydrogens is 278 g/mol. The van der Waals surface area contributed by atoms with E-state index in [0.29, 0.717) is 6.29 Å². The van der Waals surface area contributed by atoms with Gasteiger partial charge in [0.2, 0.25) is 5.91 Å². The number of carbonyl (C=O) groups excluding carboxylic acids is 4. The van der Waals surface area contributed by atoms with Crippen molar-refractivity contribution in [3.05, 3.63) is 35.9 Å². The summed E-state index contributed by atoms with van der Waals surface area (Å²) in [7, 11) is 0. The van der Waals surface area contributed by atoms with E-state index in [9.17, 15) is 19.2 Å². The molecule has 0 saturated heterocycles. The van der Waals surface area contributed by atoms with Crippen LogP contribution in [0.2, 0.25) is 0 Å². The number of hydrazine groups is 1. The fraction of sp³-hybridized carbons (Fsp3) is 0.231. The molecule has 1 atom stereocenters. The number of hydrogen-bond acceptors (Lipinski definition) is 6. The summed E-state index contributed by atoms with van der Waals surface area (Å²) in [5.74, 6) is -2.92. The highest BCUT2D eigenvalue weighted by Gasteiger charge is 2.17. The molecule has 0 aliphatic rings. The number of ether oxygens (including phenoxy) is 1. The maximum absolute atomic E-state index is 11.4. The quantitative estimate of drug-likeness (QED) is 0.250. The highest BCUT2D eigenvalue weighted by atomic mass is 16.5. The molecule has 0 unspecified atom stereocenters. The van der Waals surface area contributed by atoms with Crippen molar-refractivity contribution in [3.63, 3.8) is 0 Å². The van der Waals surface area contributed by atoms with Crippen LogP contribution in [0.15, 0.2) is 30.3 Å². The smallest absolute Gasteiger partial charge is 0.398 e. The molecule has 112 valence electrons. The first kappa shape index (κ1) is 16.3. The Balaban J connectivity index is 2.35. The zero-order valence-corrected chi connectivity index (χ0v) is 11.1. The van der Waals surface area contributed by atoms with Gasteiger partial charge in [0.25, 0.3) is 0 Å². The molecule has 0 radical (unpaired) electrons. The van der Waals surface area contributed by atoms with Crippen LogP contribution < -0.4 is 16.6 Å². The minimum atomic E-state index is -1.12. The van der Waals surface area contributed by atoms with Crippen LogP contribution in [-0.2, 0) is 30.5 Å². The van der Waals surface area contributed by atoms with E-state index in [0.717, 1.165) is 5.56 Å². The molecule has 8 heteroatoms. The third kappa shape index (κ3) is 6.30. The molecule has 1 aromatic rings. The number of carbonyl (C=O) groups is 4. The van der Waals surface area contributed by atoms with Gasteiger partial charge >= 0.3 is 11.9 Å². The summed E-state index contributed by atoms with van der Waals surface area (Å²) < 4.78 is 4.77. The summed E-state index contributed by atoms with van der Waals surface area (Å²) in [6.07, 6.45) is 0.0865. The molecule has 0 aromatic heterocycles. The summed E-state index contributed by atoms with van der Waals surface area (Å²) in [5, 5.41) is 0. The lowest BCUT2D eigenvalue weighted by Gasteiger charge is -2.11. The van der Waals surface area contributed by atoms with Gasteiger partial charge in [0.05, 0.1) is 12.5 Å². The third-order valence-corrected chi connectivity index (χ3v) is 2.35. The molecule has 0 fully saturated rings. The monoisotopic (exact) mass is 293 g/mol. The average Bonchev–Trinajstić information content (AvgIpc) is 2.49. The van der Waals surface area contributed by atoms with E-state index in [1.807, 2.05) is 5.43 Å². The Morgan fingerprint density at radius 2 is 1.90 bits per heavy atom.